The molecule has 92 valence electrons. The maximum Gasteiger partial charge on any atom is 0.0734 e. The summed E-state index contributed by atoms with van der Waals surface area (Å²) in [6.45, 7) is 9.51. The highest BCUT2D eigenvalue weighted by Crippen LogP contribution is 2.71. The first kappa shape index (κ1) is 11.1. The van der Waals surface area contributed by atoms with Gasteiger partial charge in [-0.25, -0.2) is 0 Å². The molecule has 0 spiro atoms. The average Bonchev–Trinajstić information content (AvgIpc) is 2.73. The summed E-state index contributed by atoms with van der Waals surface area (Å²) in [5.74, 6) is 2.07. The fourth-order valence-electron chi connectivity index (χ4n) is 5.01. The van der Waals surface area contributed by atoms with E-state index in [1.54, 1.807) is 0 Å². The van der Waals surface area contributed by atoms with Gasteiger partial charge < -0.3 is 5.11 Å². The Bertz CT molecular complexity index is 321. The summed E-state index contributed by atoms with van der Waals surface area (Å²) in [4.78, 5) is 0. The summed E-state index contributed by atoms with van der Waals surface area (Å²) >= 11 is 0. The Hall–Kier alpha value is -0.0400. The van der Waals surface area contributed by atoms with Gasteiger partial charge in [0.2, 0.25) is 0 Å². The zero-order valence-corrected chi connectivity index (χ0v) is 11.2. The molecule has 0 heterocycles. The highest BCUT2D eigenvalue weighted by Gasteiger charge is 2.69. The van der Waals surface area contributed by atoms with E-state index in [4.69, 9.17) is 0 Å². The molecule has 1 nitrogen and oxygen atoms in total. The predicted octanol–water partition coefficient (Wildman–Crippen LogP) is 3.61. The Kier molecular flexibility index (Phi) is 1.98. The molecular weight excluding hydrogens is 196 g/mol. The van der Waals surface area contributed by atoms with E-state index in [-0.39, 0.29) is 11.0 Å². The van der Waals surface area contributed by atoms with Gasteiger partial charge in [0.25, 0.3) is 0 Å². The van der Waals surface area contributed by atoms with Crippen LogP contribution >= 0.6 is 0 Å². The first-order valence-electron chi connectivity index (χ1n) is 7.01. The summed E-state index contributed by atoms with van der Waals surface area (Å²) in [6.07, 6.45) is 6.13. The zero-order valence-electron chi connectivity index (χ0n) is 11.2. The molecule has 0 aromatic rings. The minimum absolute atomic E-state index is 0.260. The average molecular weight is 222 g/mol. The van der Waals surface area contributed by atoms with Crippen molar-refractivity contribution >= 4 is 0 Å². The Balaban J connectivity index is 2.01. The van der Waals surface area contributed by atoms with E-state index >= 15 is 0 Å². The van der Waals surface area contributed by atoms with E-state index in [1.807, 2.05) is 0 Å². The fraction of sp³-hybridized carbons (Fsp3) is 1.00. The molecule has 1 heteroatoms. The summed E-state index contributed by atoms with van der Waals surface area (Å²) in [6, 6.07) is 0. The minimum atomic E-state index is -0.329. The van der Waals surface area contributed by atoms with Crippen LogP contribution in [0.3, 0.4) is 0 Å². The molecule has 0 radical (unpaired) electrons. The Morgan fingerprint density at radius 2 is 1.75 bits per heavy atom. The van der Waals surface area contributed by atoms with Crippen molar-refractivity contribution in [3.05, 3.63) is 0 Å². The Morgan fingerprint density at radius 1 is 1.06 bits per heavy atom. The molecule has 0 aromatic carbocycles. The molecule has 0 aromatic heterocycles. The maximum absolute atomic E-state index is 11.2. The van der Waals surface area contributed by atoms with Crippen LogP contribution in [0.4, 0.5) is 0 Å². The van der Waals surface area contributed by atoms with Crippen molar-refractivity contribution in [3.63, 3.8) is 0 Å². The predicted molar refractivity (Wildman–Crippen MR) is 66.1 cm³/mol. The van der Waals surface area contributed by atoms with Gasteiger partial charge in [-0.2, -0.15) is 0 Å². The summed E-state index contributed by atoms with van der Waals surface area (Å²) in [5.41, 5.74) is 0.372. The van der Waals surface area contributed by atoms with Crippen LogP contribution < -0.4 is 0 Å². The number of hydrogen-bond donors (Lipinski definition) is 1. The fourth-order valence-corrected chi connectivity index (χ4v) is 5.01. The van der Waals surface area contributed by atoms with Gasteiger partial charge in [-0.05, 0) is 60.7 Å². The molecule has 0 aliphatic heterocycles. The molecule has 16 heavy (non-hydrogen) atoms. The third-order valence-electron chi connectivity index (χ3n) is 6.25. The molecule has 1 N–H and O–H groups in total. The van der Waals surface area contributed by atoms with Crippen LogP contribution in [0.2, 0.25) is 0 Å². The lowest BCUT2D eigenvalue weighted by Crippen LogP contribution is -2.43. The second kappa shape index (κ2) is 2.85. The summed E-state index contributed by atoms with van der Waals surface area (Å²) in [7, 11) is 0. The van der Waals surface area contributed by atoms with Crippen molar-refractivity contribution in [2.75, 3.05) is 0 Å². The smallest absolute Gasteiger partial charge is 0.0734 e. The van der Waals surface area contributed by atoms with Gasteiger partial charge in [-0.15, -0.1) is 0 Å². The van der Waals surface area contributed by atoms with Crippen LogP contribution in [-0.4, -0.2) is 10.7 Å². The van der Waals surface area contributed by atoms with Crippen LogP contribution in [0.15, 0.2) is 0 Å². The zero-order chi connectivity index (χ0) is 11.8. The van der Waals surface area contributed by atoms with Crippen molar-refractivity contribution in [3.8, 4) is 0 Å². The van der Waals surface area contributed by atoms with Crippen LogP contribution in [0.25, 0.3) is 0 Å². The van der Waals surface area contributed by atoms with Crippen LogP contribution in [0.1, 0.15) is 59.8 Å². The second-order valence-electron chi connectivity index (χ2n) is 7.94. The maximum atomic E-state index is 11.2. The molecule has 3 aliphatic rings. The van der Waals surface area contributed by atoms with E-state index in [0.29, 0.717) is 11.3 Å². The molecule has 3 saturated carbocycles. The Morgan fingerprint density at radius 3 is 2.44 bits per heavy atom. The number of rotatable bonds is 0. The molecule has 3 aliphatic carbocycles. The van der Waals surface area contributed by atoms with Gasteiger partial charge in [0.15, 0.2) is 0 Å². The first-order chi connectivity index (χ1) is 7.29. The first-order valence-corrected chi connectivity index (χ1v) is 7.01. The highest BCUT2D eigenvalue weighted by molar-refractivity contribution is 5.19. The van der Waals surface area contributed by atoms with E-state index in [1.165, 1.54) is 25.7 Å². The molecule has 0 saturated heterocycles. The lowest BCUT2D eigenvalue weighted by Gasteiger charge is -2.39. The lowest BCUT2D eigenvalue weighted by atomic mass is 9.71. The van der Waals surface area contributed by atoms with Gasteiger partial charge in [0.05, 0.1) is 5.60 Å². The lowest BCUT2D eigenvalue weighted by molar-refractivity contribution is -0.0717. The molecular formula is C15H26O. The largest absolute Gasteiger partial charge is 0.389 e. The van der Waals surface area contributed by atoms with Crippen molar-refractivity contribution in [1.29, 1.82) is 0 Å². The van der Waals surface area contributed by atoms with Crippen LogP contribution in [0.5, 0.6) is 0 Å². The van der Waals surface area contributed by atoms with Crippen molar-refractivity contribution in [1.82, 2.24) is 0 Å². The third kappa shape index (κ3) is 1.21. The third-order valence-corrected chi connectivity index (χ3v) is 6.25. The van der Waals surface area contributed by atoms with Crippen molar-refractivity contribution < 1.29 is 5.11 Å². The van der Waals surface area contributed by atoms with Gasteiger partial charge in [-0.3, -0.25) is 0 Å². The normalized spacial score (nSPS) is 58.7. The number of hydrogen-bond acceptors (Lipinski definition) is 1. The molecule has 0 bridgehead atoms. The monoisotopic (exact) mass is 222 g/mol. The minimum Gasteiger partial charge on any atom is -0.389 e. The van der Waals surface area contributed by atoms with Crippen molar-refractivity contribution in [2.45, 2.75) is 65.4 Å². The van der Waals surface area contributed by atoms with E-state index in [9.17, 15) is 5.11 Å². The molecule has 5 atom stereocenters. The van der Waals surface area contributed by atoms with Crippen LogP contribution in [-0.2, 0) is 0 Å². The van der Waals surface area contributed by atoms with E-state index in [2.05, 4.69) is 27.7 Å². The quantitative estimate of drug-likeness (QED) is 0.664. The van der Waals surface area contributed by atoms with E-state index in [0.717, 1.165) is 18.3 Å². The second-order valence-corrected chi connectivity index (χ2v) is 7.94. The molecule has 0 amide bonds. The van der Waals surface area contributed by atoms with Gasteiger partial charge in [-0.1, -0.05) is 27.7 Å². The van der Waals surface area contributed by atoms with Gasteiger partial charge in [0, 0.05) is 0 Å². The number of aliphatic hydroxyl groups is 1. The van der Waals surface area contributed by atoms with Crippen LogP contribution in [0, 0.1) is 28.6 Å². The van der Waals surface area contributed by atoms with Gasteiger partial charge >= 0.3 is 0 Å². The van der Waals surface area contributed by atoms with Gasteiger partial charge in [0.1, 0.15) is 0 Å². The molecule has 0 unspecified atom stereocenters. The molecule has 3 rings (SSSR count). The Labute approximate surface area is 99.6 Å². The van der Waals surface area contributed by atoms with Crippen molar-refractivity contribution in [2.24, 2.45) is 28.6 Å². The SMILES string of the molecule is C[C@@H]1CC[C@]2(O)[C@@H]1CC(C)(C)C[C@H]1C[C@]12C. The molecule has 3 fully saturated rings. The summed E-state index contributed by atoms with van der Waals surface area (Å²) in [5, 5.41) is 11.2. The summed E-state index contributed by atoms with van der Waals surface area (Å²) < 4.78 is 0. The number of fused-ring (bicyclic) bond motifs is 3. The highest BCUT2D eigenvalue weighted by atomic mass is 16.3. The van der Waals surface area contributed by atoms with E-state index < -0.39 is 0 Å². The topological polar surface area (TPSA) is 20.2 Å². The standard InChI is InChI=1S/C15H26O/c1-10-5-6-15(16)12(10)9-13(2,3)7-11-8-14(11,15)4/h10-12,16H,5-9H2,1-4H3/t10-,11+,12-,14-,15+/m1/s1.